The van der Waals surface area contributed by atoms with E-state index in [0.29, 0.717) is 0 Å². The van der Waals surface area contributed by atoms with E-state index in [1.807, 2.05) is 0 Å². The molecule has 0 spiro atoms. The molecule has 0 aliphatic rings. The Morgan fingerprint density at radius 1 is 0.481 bits per heavy atom. The van der Waals surface area contributed by atoms with Gasteiger partial charge >= 0.3 is 0 Å². The zero-order chi connectivity index (χ0) is 21.6. The van der Waals surface area contributed by atoms with Crippen molar-refractivity contribution in [2.24, 2.45) is 0 Å². The lowest BCUT2D eigenvalue weighted by Crippen LogP contribution is -3.11. The van der Waals surface area contributed by atoms with Crippen LogP contribution in [0.25, 0.3) is 0 Å². The number of rotatable bonds is 9. The fraction of sp³-hybridized carbons (Fsp3) is 1.00. The van der Waals surface area contributed by atoms with Crippen LogP contribution in [0.4, 0.5) is 0 Å². The fourth-order valence-electron chi connectivity index (χ4n) is 2.25. The summed E-state index contributed by atoms with van der Waals surface area (Å²) in [5, 5.41) is 0. The standard InChI is InChI=1S/3C6H15N.H3O4P.H2O/c3*1-4-7(5-2)6-3;1-5(2,3)4;/h3*4-6H2,1-3H3;(H3,1,2,3,4);1H2. The summed E-state index contributed by atoms with van der Waals surface area (Å²) in [4.78, 5) is 30.7. The number of hydrogen-bond acceptors (Lipinski definition) is 4. The molecule has 0 heterocycles. The Balaban J connectivity index is -0.0000000793. The van der Waals surface area contributed by atoms with Crippen molar-refractivity contribution in [1.29, 1.82) is 0 Å². The highest BCUT2D eigenvalue weighted by Gasteiger charge is 1.94. The molecule has 0 radical (unpaired) electrons. The molecule has 0 atom stereocenters. The van der Waals surface area contributed by atoms with E-state index in [1.54, 1.807) is 14.7 Å². The van der Waals surface area contributed by atoms with Gasteiger partial charge in [-0.3, -0.25) is 0 Å². The fourth-order valence-corrected chi connectivity index (χ4v) is 2.25. The predicted molar refractivity (Wildman–Crippen MR) is 109 cm³/mol. The summed E-state index contributed by atoms with van der Waals surface area (Å²) in [6.07, 6.45) is 0. The topological polar surface area (TPSA) is 131 Å². The zero-order valence-corrected chi connectivity index (χ0v) is 20.3. The monoisotopic (exact) mass is 419 g/mol. The second-order valence-electron chi connectivity index (χ2n) is 5.88. The molecule has 0 aliphatic heterocycles. The Morgan fingerprint density at radius 3 is 0.556 bits per heavy atom. The van der Waals surface area contributed by atoms with Crippen LogP contribution in [0.5, 0.6) is 0 Å². The third-order valence-electron chi connectivity index (χ3n) is 4.50. The zero-order valence-electron chi connectivity index (χ0n) is 19.4. The Bertz CT molecular complexity index is 229. The minimum atomic E-state index is -5.39. The molecule has 0 aromatic carbocycles. The van der Waals surface area contributed by atoms with Crippen molar-refractivity contribution in [1.82, 2.24) is 0 Å². The average Bonchev–Trinajstić information content (AvgIpc) is 2.59. The van der Waals surface area contributed by atoms with Crippen molar-refractivity contribution in [3.05, 3.63) is 0 Å². The van der Waals surface area contributed by atoms with Crippen LogP contribution in [-0.2, 0) is 4.57 Å². The van der Waals surface area contributed by atoms with Gasteiger partial charge in [-0.1, -0.05) is 0 Å². The number of hydrogen-bond donors (Lipinski definition) is 3. The lowest BCUT2D eigenvalue weighted by atomic mass is 10.5. The van der Waals surface area contributed by atoms with Crippen LogP contribution in [0.3, 0.4) is 0 Å². The molecule has 5 N–H and O–H groups in total. The van der Waals surface area contributed by atoms with Crippen LogP contribution >= 0.6 is 7.82 Å². The number of nitrogens with one attached hydrogen (secondary N) is 3. The first kappa shape index (κ1) is 37.7. The van der Waals surface area contributed by atoms with Gasteiger partial charge in [0.25, 0.3) is 0 Å². The van der Waals surface area contributed by atoms with Crippen LogP contribution in [0.2, 0.25) is 0 Å². The summed E-state index contributed by atoms with van der Waals surface area (Å²) in [5.74, 6) is 0. The van der Waals surface area contributed by atoms with Gasteiger partial charge in [-0.05, 0) is 62.3 Å². The quantitative estimate of drug-likeness (QED) is 0.330. The normalized spacial score (nSPS) is 10.2. The Kier molecular flexibility index (Phi) is 39.3. The van der Waals surface area contributed by atoms with Crippen LogP contribution in [-0.4, -0.2) is 64.4 Å². The third kappa shape index (κ3) is 46.2. The van der Waals surface area contributed by atoms with E-state index < -0.39 is 7.82 Å². The minimum Gasteiger partial charge on any atom is -0.822 e. The van der Waals surface area contributed by atoms with Gasteiger partial charge in [0.15, 0.2) is 0 Å². The SMILES string of the molecule is CC[NH+](CC)CC.CC[NH+](CC)CC.CC[NH+](CC)CC.O.O=P([O-])([O-])[O-]. The van der Waals surface area contributed by atoms with Crippen molar-refractivity contribution in [2.45, 2.75) is 62.3 Å². The van der Waals surface area contributed by atoms with E-state index in [9.17, 15) is 0 Å². The molecular formula is C18H50N3O5P. The van der Waals surface area contributed by atoms with Crippen molar-refractivity contribution >= 4 is 7.82 Å². The van der Waals surface area contributed by atoms with Gasteiger partial charge in [0.2, 0.25) is 0 Å². The second kappa shape index (κ2) is 28.2. The average molecular weight is 420 g/mol. The highest BCUT2D eigenvalue weighted by molar-refractivity contribution is 7.40. The van der Waals surface area contributed by atoms with Gasteiger partial charge in [0, 0.05) is 0 Å². The third-order valence-corrected chi connectivity index (χ3v) is 4.50. The predicted octanol–water partition coefficient (Wildman–Crippen LogP) is -3.86. The first-order valence-electron chi connectivity index (χ1n) is 10.3. The maximum Gasteiger partial charge on any atom is 0.0742 e. The molecule has 0 unspecified atom stereocenters. The molecule has 0 saturated carbocycles. The Morgan fingerprint density at radius 2 is 0.556 bits per heavy atom. The van der Waals surface area contributed by atoms with Crippen molar-refractivity contribution in [2.75, 3.05) is 58.9 Å². The highest BCUT2D eigenvalue weighted by atomic mass is 31.2. The summed E-state index contributed by atoms with van der Waals surface area (Å²) in [5.41, 5.74) is 0. The summed E-state index contributed by atoms with van der Waals surface area (Å²) < 4.78 is 8.55. The maximum absolute atomic E-state index is 8.55. The van der Waals surface area contributed by atoms with Crippen molar-refractivity contribution in [3.8, 4) is 0 Å². The van der Waals surface area contributed by atoms with Gasteiger partial charge in [-0.2, -0.15) is 7.82 Å². The molecule has 0 bridgehead atoms. The van der Waals surface area contributed by atoms with Crippen LogP contribution in [0, 0.1) is 0 Å². The maximum atomic E-state index is 8.55. The molecule has 0 aliphatic carbocycles. The number of quaternary nitrogens is 3. The van der Waals surface area contributed by atoms with E-state index >= 15 is 0 Å². The molecule has 8 nitrogen and oxygen atoms in total. The molecule has 0 amide bonds. The van der Waals surface area contributed by atoms with Crippen LogP contribution in [0.15, 0.2) is 0 Å². The first-order chi connectivity index (χ1) is 12.0. The van der Waals surface area contributed by atoms with Gasteiger partial charge < -0.3 is 39.4 Å². The van der Waals surface area contributed by atoms with E-state index in [0.717, 1.165) is 0 Å². The van der Waals surface area contributed by atoms with E-state index in [-0.39, 0.29) is 5.48 Å². The van der Waals surface area contributed by atoms with Crippen LogP contribution in [0.1, 0.15) is 62.3 Å². The van der Waals surface area contributed by atoms with Crippen molar-refractivity contribution < 1.29 is 39.4 Å². The Labute approximate surface area is 169 Å². The molecule has 0 fully saturated rings. The molecule has 0 aromatic rings. The molecule has 172 valence electrons. The van der Waals surface area contributed by atoms with Gasteiger partial charge in [-0.25, -0.2) is 0 Å². The smallest absolute Gasteiger partial charge is 0.0742 e. The van der Waals surface area contributed by atoms with Crippen molar-refractivity contribution in [3.63, 3.8) is 0 Å². The van der Waals surface area contributed by atoms with Gasteiger partial charge in [0.05, 0.1) is 58.9 Å². The number of phosphoric acid groups is 1. The molecule has 9 heteroatoms. The van der Waals surface area contributed by atoms with Gasteiger partial charge in [-0.15, -0.1) is 0 Å². The molecular weight excluding hydrogens is 369 g/mol. The second-order valence-corrected chi connectivity index (χ2v) is 6.77. The molecule has 27 heavy (non-hydrogen) atoms. The largest absolute Gasteiger partial charge is 0.822 e. The lowest BCUT2D eigenvalue weighted by Gasteiger charge is -2.36. The van der Waals surface area contributed by atoms with E-state index in [4.69, 9.17) is 19.2 Å². The molecule has 0 rings (SSSR count). The van der Waals surface area contributed by atoms with Crippen LogP contribution < -0.4 is 29.4 Å². The van der Waals surface area contributed by atoms with Gasteiger partial charge in [0.1, 0.15) is 0 Å². The van der Waals surface area contributed by atoms with E-state index in [1.165, 1.54) is 58.9 Å². The minimum absolute atomic E-state index is 0. The van der Waals surface area contributed by atoms with E-state index in [2.05, 4.69) is 62.3 Å². The Hall–Kier alpha value is -0.0500. The summed E-state index contributed by atoms with van der Waals surface area (Å²) >= 11 is 0. The molecule has 0 saturated heterocycles. The molecule has 0 aromatic heterocycles. The summed E-state index contributed by atoms with van der Waals surface area (Å²) in [7, 11) is -5.39. The first-order valence-corrected chi connectivity index (χ1v) is 11.7. The highest BCUT2D eigenvalue weighted by Crippen LogP contribution is 2.03. The summed E-state index contributed by atoms with van der Waals surface area (Å²) in [6.45, 7) is 31.5. The lowest BCUT2D eigenvalue weighted by molar-refractivity contribution is -0.894. The summed E-state index contributed by atoms with van der Waals surface area (Å²) in [6, 6.07) is 0.